The number of carboxylic acids is 1. The Labute approximate surface area is 232 Å². The third kappa shape index (κ3) is 7.82. The molecule has 11 nitrogen and oxygen atoms in total. The predicted molar refractivity (Wildman–Crippen MR) is 150 cm³/mol. The van der Waals surface area contributed by atoms with Crippen LogP contribution in [0.4, 0.5) is 0 Å². The first-order chi connectivity index (χ1) is 19.0. The molecule has 0 aliphatic rings. The van der Waals surface area contributed by atoms with Crippen molar-refractivity contribution in [2.45, 2.75) is 64.2 Å². The minimum atomic E-state index is -1.26. The second-order valence-corrected chi connectivity index (χ2v) is 10.0. The highest BCUT2D eigenvalue weighted by Gasteiger charge is 2.30. The van der Waals surface area contributed by atoms with Crippen molar-refractivity contribution < 1.29 is 29.4 Å². The first-order valence-corrected chi connectivity index (χ1v) is 13.2. The fourth-order valence-electron chi connectivity index (χ4n) is 4.25. The van der Waals surface area contributed by atoms with Gasteiger partial charge in [0, 0.05) is 29.9 Å². The summed E-state index contributed by atoms with van der Waals surface area (Å²) in [5, 5.41) is 27.7. The molecule has 214 valence electrons. The van der Waals surface area contributed by atoms with E-state index in [9.17, 15) is 29.4 Å². The van der Waals surface area contributed by atoms with Gasteiger partial charge in [0.05, 0.1) is 6.04 Å². The van der Waals surface area contributed by atoms with Crippen LogP contribution in [0.3, 0.4) is 0 Å². The molecule has 0 bridgehead atoms. The van der Waals surface area contributed by atoms with E-state index in [-0.39, 0.29) is 24.5 Å². The average molecular weight is 552 g/mol. The third-order valence-electron chi connectivity index (χ3n) is 7.03. The lowest BCUT2D eigenvalue weighted by atomic mass is 9.98. The molecule has 0 fully saturated rings. The molecule has 2 aromatic carbocycles. The number of aromatic amines is 1. The fourth-order valence-corrected chi connectivity index (χ4v) is 4.25. The first kappa shape index (κ1) is 30.2. The van der Waals surface area contributed by atoms with Crippen LogP contribution in [0.15, 0.2) is 54.7 Å². The number of aromatic nitrogens is 1. The van der Waals surface area contributed by atoms with Crippen LogP contribution in [0, 0.1) is 5.92 Å². The molecular weight excluding hydrogens is 514 g/mol. The molecule has 5 atom stereocenters. The van der Waals surface area contributed by atoms with Gasteiger partial charge < -0.3 is 36.9 Å². The number of carbonyl (C=O) groups excluding carboxylic acids is 3. The average Bonchev–Trinajstić information content (AvgIpc) is 3.34. The molecule has 0 spiro atoms. The van der Waals surface area contributed by atoms with E-state index >= 15 is 0 Å². The zero-order valence-corrected chi connectivity index (χ0v) is 22.8. The molecule has 0 aliphatic carbocycles. The molecule has 0 radical (unpaired) electrons. The van der Waals surface area contributed by atoms with E-state index in [2.05, 4.69) is 20.9 Å². The number of hydrogen-bond acceptors (Lipinski definition) is 6. The molecule has 5 unspecified atom stereocenters. The molecule has 1 aromatic heterocycles. The second kappa shape index (κ2) is 13.6. The van der Waals surface area contributed by atoms with Gasteiger partial charge in [-0.15, -0.1) is 0 Å². The Hall–Kier alpha value is -4.38. The zero-order chi connectivity index (χ0) is 29.4. The summed E-state index contributed by atoms with van der Waals surface area (Å²) in [6.45, 7) is 5.20. The van der Waals surface area contributed by atoms with E-state index in [0.717, 1.165) is 16.5 Å². The Balaban J connectivity index is 1.73. The molecule has 40 heavy (non-hydrogen) atoms. The molecule has 0 saturated carbocycles. The Kier molecular flexibility index (Phi) is 10.3. The normalized spacial score (nSPS) is 14.9. The van der Waals surface area contributed by atoms with E-state index in [0.29, 0.717) is 12.0 Å². The zero-order valence-electron chi connectivity index (χ0n) is 22.8. The number of aromatic hydroxyl groups is 1. The van der Waals surface area contributed by atoms with Crippen molar-refractivity contribution in [1.82, 2.24) is 20.9 Å². The summed E-state index contributed by atoms with van der Waals surface area (Å²) in [5.41, 5.74) is 8.37. The molecule has 3 aromatic rings. The number of fused-ring (bicyclic) bond motifs is 1. The predicted octanol–water partition coefficient (Wildman–Crippen LogP) is 1.59. The third-order valence-corrected chi connectivity index (χ3v) is 7.03. The number of carboxylic acid groups (broad SMARTS) is 1. The van der Waals surface area contributed by atoms with Crippen molar-refractivity contribution >= 4 is 34.6 Å². The van der Waals surface area contributed by atoms with Crippen LogP contribution in [0.5, 0.6) is 5.75 Å². The summed E-state index contributed by atoms with van der Waals surface area (Å²) in [5.74, 6) is -3.11. The van der Waals surface area contributed by atoms with Crippen molar-refractivity contribution in [1.29, 1.82) is 0 Å². The second-order valence-electron chi connectivity index (χ2n) is 10.0. The topological polar surface area (TPSA) is 187 Å². The molecule has 0 aliphatic heterocycles. The first-order valence-electron chi connectivity index (χ1n) is 13.2. The Morgan fingerprint density at radius 1 is 0.875 bits per heavy atom. The lowest BCUT2D eigenvalue weighted by Gasteiger charge is -2.25. The number of aliphatic carboxylic acids is 1. The van der Waals surface area contributed by atoms with Gasteiger partial charge in [0.1, 0.15) is 23.9 Å². The number of nitrogens with two attached hydrogens (primary N) is 1. The van der Waals surface area contributed by atoms with Crippen molar-refractivity contribution in [3.8, 4) is 5.75 Å². The highest BCUT2D eigenvalue weighted by atomic mass is 16.4. The van der Waals surface area contributed by atoms with Crippen molar-refractivity contribution in [2.24, 2.45) is 11.7 Å². The molecule has 3 rings (SSSR count). The molecular formula is C29H37N5O6. The number of rotatable bonds is 13. The van der Waals surface area contributed by atoms with Crippen LogP contribution >= 0.6 is 0 Å². The summed E-state index contributed by atoms with van der Waals surface area (Å²) >= 11 is 0. The van der Waals surface area contributed by atoms with Gasteiger partial charge in [0.25, 0.3) is 0 Å². The van der Waals surface area contributed by atoms with E-state index in [1.807, 2.05) is 38.1 Å². The lowest BCUT2D eigenvalue weighted by Crippen LogP contribution is -2.57. The molecule has 3 amide bonds. The van der Waals surface area contributed by atoms with Crippen LogP contribution in [-0.2, 0) is 32.0 Å². The maximum Gasteiger partial charge on any atom is 0.326 e. The number of phenols is 1. The number of carbonyl (C=O) groups is 4. The number of H-pyrrole nitrogens is 1. The molecule has 8 N–H and O–H groups in total. The van der Waals surface area contributed by atoms with Crippen molar-refractivity contribution in [3.05, 3.63) is 65.9 Å². The Morgan fingerprint density at radius 2 is 1.52 bits per heavy atom. The smallest absolute Gasteiger partial charge is 0.326 e. The van der Waals surface area contributed by atoms with Gasteiger partial charge >= 0.3 is 5.97 Å². The summed E-state index contributed by atoms with van der Waals surface area (Å²) < 4.78 is 0. The van der Waals surface area contributed by atoms with Gasteiger partial charge in [-0.2, -0.15) is 0 Å². The van der Waals surface area contributed by atoms with Crippen LogP contribution in [0.1, 0.15) is 38.3 Å². The van der Waals surface area contributed by atoms with Crippen molar-refractivity contribution in [3.63, 3.8) is 0 Å². The summed E-state index contributed by atoms with van der Waals surface area (Å²) in [6, 6.07) is 9.31. The molecule has 1 heterocycles. The van der Waals surface area contributed by atoms with Gasteiger partial charge in [-0.25, -0.2) is 4.79 Å². The fraction of sp³-hybridized carbons (Fsp3) is 0.379. The minimum Gasteiger partial charge on any atom is -0.508 e. The number of amides is 3. The summed E-state index contributed by atoms with van der Waals surface area (Å²) in [4.78, 5) is 54.1. The SMILES string of the molecule is CCC(C)C(N)C(=O)NC(Cc1c[nH]c2ccccc12)C(=O)NC(C)C(=O)NC(Cc1ccc(O)cc1)C(=O)O. The van der Waals surface area contributed by atoms with Crippen molar-refractivity contribution in [2.75, 3.05) is 0 Å². The molecule has 0 saturated heterocycles. The van der Waals surface area contributed by atoms with Crippen LogP contribution in [0.25, 0.3) is 10.9 Å². The van der Waals surface area contributed by atoms with Gasteiger partial charge in [-0.05, 0) is 42.2 Å². The van der Waals surface area contributed by atoms with E-state index in [1.165, 1.54) is 19.1 Å². The monoisotopic (exact) mass is 551 g/mol. The van der Waals surface area contributed by atoms with Gasteiger partial charge in [0.15, 0.2) is 0 Å². The van der Waals surface area contributed by atoms with Gasteiger partial charge in [-0.1, -0.05) is 50.6 Å². The van der Waals surface area contributed by atoms with Gasteiger partial charge in [0.2, 0.25) is 17.7 Å². The largest absolute Gasteiger partial charge is 0.508 e. The highest BCUT2D eigenvalue weighted by Crippen LogP contribution is 2.19. The lowest BCUT2D eigenvalue weighted by molar-refractivity contribution is -0.142. The van der Waals surface area contributed by atoms with Crippen LogP contribution in [0.2, 0.25) is 0 Å². The van der Waals surface area contributed by atoms with E-state index in [4.69, 9.17) is 5.73 Å². The number of nitrogens with one attached hydrogen (secondary N) is 4. The number of phenolic OH excluding ortho intramolecular Hbond substituents is 1. The minimum absolute atomic E-state index is 0.0191. The number of hydrogen-bond donors (Lipinski definition) is 7. The maximum absolute atomic E-state index is 13.4. The Morgan fingerprint density at radius 3 is 2.17 bits per heavy atom. The van der Waals surface area contributed by atoms with Crippen LogP contribution in [-0.4, -0.2) is 63.1 Å². The van der Waals surface area contributed by atoms with Crippen LogP contribution < -0.4 is 21.7 Å². The number of benzene rings is 2. The van der Waals surface area contributed by atoms with Gasteiger partial charge in [-0.3, -0.25) is 14.4 Å². The maximum atomic E-state index is 13.4. The van der Waals surface area contributed by atoms with E-state index < -0.39 is 47.9 Å². The standard InChI is InChI=1S/C29H37N5O6/c1-4-16(2)25(30)28(38)33-23(14-19-15-31-22-8-6-5-7-21(19)22)27(37)32-17(3)26(36)34-24(29(39)40)13-18-9-11-20(35)12-10-18/h5-12,15-17,23-25,31,35H,4,13-14,30H2,1-3H3,(H,32,37)(H,33,38)(H,34,36)(H,39,40). The number of para-hydroxylation sites is 1. The molecule has 11 heteroatoms. The summed E-state index contributed by atoms with van der Waals surface area (Å²) in [6.07, 6.45) is 2.57. The summed E-state index contributed by atoms with van der Waals surface area (Å²) in [7, 11) is 0. The van der Waals surface area contributed by atoms with E-state index in [1.54, 1.807) is 18.3 Å². The Bertz CT molecular complexity index is 1340. The highest BCUT2D eigenvalue weighted by molar-refractivity contribution is 5.94. The quantitative estimate of drug-likeness (QED) is 0.168.